The molecule has 1 aromatic rings. The molecule has 0 fully saturated rings. The van der Waals surface area contributed by atoms with E-state index in [0.717, 1.165) is 0 Å². The Morgan fingerprint density at radius 2 is 2.10 bits per heavy atom. The van der Waals surface area contributed by atoms with Gasteiger partial charge in [0.2, 0.25) is 0 Å². The number of carbonyl (C=O) groups excluding carboxylic acids is 1. The van der Waals surface area contributed by atoms with Crippen LogP contribution in [-0.4, -0.2) is 30.5 Å². The van der Waals surface area contributed by atoms with Gasteiger partial charge in [-0.1, -0.05) is 11.8 Å². The minimum Gasteiger partial charge on any atom is -0.507 e. The number of benzene rings is 1. The number of aromatic hydroxyl groups is 1. The number of hydrogen-bond donors (Lipinski definition) is 2. The topological polar surface area (TPSA) is 67.8 Å². The van der Waals surface area contributed by atoms with E-state index in [9.17, 15) is 9.90 Å². The van der Waals surface area contributed by atoms with Crippen molar-refractivity contribution in [3.8, 4) is 23.3 Å². The third kappa shape index (κ3) is 6.57. The Labute approximate surface area is 125 Å². The largest absolute Gasteiger partial charge is 0.507 e. The van der Waals surface area contributed by atoms with Gasteiger partial charge in [0.15, 0.2) is 0 Å². The van der Waals surface area contributed by atoms with E-state index >= 15 is 0 Å². The van der Waals surface area contributed by atoms with Crippen molar-refractivity contribution in [3.05, 3.63) is 23.8 Å². The van der Waals surface area contributed by atoms with Gasteiger partial charge in [-0.25, -0.2) is 4.79 Å². The molecule has 2 N–H and O–H groups in total. The van der Waals surface area contributed by atoms with Gasteiger partial charge in [0.1, 0.15) is 17.1 Å². The minimum absolute atomic E-state index is 0.0713. The molecule has 0 spiro atoms. The van der Waals surface area contributed by atoms with Gasteiger partial charge in [-0.15, -0.1) is 0 Å². The molecule has 0 aliphatic heterocycles. The molecule has 0 aliphatic carbocycles. The van der Waals surface area contributed by atoms with E-state index in [-0.39, 0.29) is 5.75 Å². The second kappa shape index (κ2) is 7.44. The molecule has 0 aliphatic rings. The lowest BCUT2D eigenvalue weighted by molar-refractivity contribution is 0.0529. The van der Waals surface area contributed by atoms with Crippen molar-refractivity contribution in [2.24, 2.45) is 0 Å². The normalized spacial score (nSPS) is 10.3. The fourth-order valence-corrected chi connectivity index (χ4v) is 1.44. The van der Waals surface area contributed by atoms with Gasteiger partial charge >= 0.3 is 6.09 Å². The van der Waals surface area contributed by atoms with E-state index in [0.29, 0.717) is 24.3 Å². The highest BCUT2D eigenvalue weighted by Crippen LogP contribution is 2.22. The minimum atomic E-state index is -0.509. The Bertz CT molecular complexity index is 550. The SMILES string of the molecule is COc1ccc(C#CCCNC(=O)OC(C)(C)C)c(O)c1. The standard InChI is InChI=1S/C16H21NO4/c1-16(2,3)21-15(19)17-10-6-5-7-12-8-9-13(20-4)11-14(12)18/h8-9,11,18H,6,10H2,1-4H3,(H,17,19). The van der Waals surface area contributed by atoms with Gasteiger partial charge < -0.3 is 19.9 Å². The molecule has 0 atom stereocenters. The van der Waals surface area contributed by atoms with Crippen molar-refractivity contribution in [3.63, 3.8) is 0 Å². The molecule has 1 aromatic carbocycles. The molecule has 5 nitrogen and oxygen atoms in total. The van der Waals surface area contributed by atoms with Crippen LogP contribution in [0.1, 0.15) is 32.8 Å². The maximum Gasteiger partial charge on any atom is 0.407 e. The summed E-state index contributed by atoms with van der Waals surface area (Å²) in [4.78, 5) is 11.4. The van der Waals surface area contributed by atoms with E-state index in [1.807, 2.05) is 0 Å². The van der Waals surface area contributed by atoms with Crippen LogP contribution in [0.5, 0.6) is 11.5 Å². The first-order chi connectivity index (χ1) is 9.81. The molecular formula is C16H21NO4. The number of rotatable bonds is 3. The zero-order valence-corrected chi connectivity index (χ0v) is 12.8. The summed E-state index contributed by atoms with van der Waals surface area (Å²) in [5.74, 6) is 6.36. The van der Waals surface area contributed by atoms with Gasteiger partial charge in [0.05, 0.1) is 12.7 Å². The van der Waals surface area contributed by atoms with E-state index in [4.69, 9.17) is 9.47 Å². The average molecular weight is 291 g/mol. The van der Waals surface area contributed by atoms with Crippen molar-refractivity contribution >= 4 is 6.09 Å². The molecule has 0 bridgehead atoms. The van der Waals surface area contributed by atoms with Gasteiger partial charge in [0.25, 0.3) is 0 Å². The number of carbonyl (C=O) groups is 1. The molecule has 0 unspecified atom stereocenters. The van der Waals surface area contributed by atoms with Crippen LogP contribution in [-0.2, 0) is 4.74 Å². The Balaban J connectivity index is 2.42. The zero-order valence-electron chi connectivity index (χ0n) is 12.8. The van der Waals surface area contributed by atoms with E-state index < -0.39 is 11.7 Å². The number of phenols is 1. The van der Waals surface area contributed by atoms with Crippen LogP contribution in [0.4, 0.5) is 4.79 Å². The van der Waals surface area contributed by atoms with Crippen molar-refractivity contribution < 1.29 is 19.4 Å². The Morgan fingerprint density at radius 1 is 1.38 bits per heavy atom. The maximum atomic E-state index is 11.4. The highest BCUT2D eigenvalue weighted by Gasteiger charge is 2.15. The van der Waals surface area contributed by atoms with Crippen LogP contribution in [0.15, 0.2) is 18.2 Å². The summed E-state index contributed by atoms with van der Waals surface area (Å²) in [5, 5.41) is 12.3. The van der Waals surface area contributed by atoms with Gasteiger partial charge in [-0.2, -0.15) is 0 Å². The first-order valence-electron chi connectivity index (χ1n) is 6.64. The van der Waals surface area contributed by atoms with Crippen molar-refractivity contribution in [1.82, 2.24) is 5.32 Å². The summed E-state index contributed by atoms with van der Waals surface area (Å²) in [5.41, 5.74) is 0.0121. The van der Waals surface area contributed by atoms with Gasteiger partial charge in [0, 0.05) is 19.0 Å². The third-order valence-corrected chi connectivity index (χ3v) is 2.35. The third-order valence-electron chi connectivity index (χ3n) is 2.35. The zero-order chi connectivity index (χ0) is 15.9. The monoisotopic (exact) mass is 291 g/mol. The van der Waals surface area contributed by atoms with Crippen LogP contribution in [0, 0.1) is 11.8 Å². The lowest BCUT2D eigenvalue weighted by Crippen LogP contribution is -2.32. The lowest BCUT2D eigenvalue weighted by Gasteiger charge is -2.19. The second-order valence-corrected chi connectivity index (χ2v) is 5.36. The van der Waals surface area contributed by atoms with Crippen LogP contribution in [0.3, 0.4) is 0 Å². The fraction of sp³-hybridized carbons (Fsp3) is 0.438. The molecule has 0 heterocycles. The molecule has 5 heteroatoms. The van der Waals surface area contributed by atoms with E-state index in [2.05, 4.69) is 17.2 Å². The summed E-state index contributed by atoms with van der Waals surface area (Å²) in [7, 11) is 1.53. The van der Waals surface area contributed by atoms with Gasteiger partial charge in [-0.05, 0) is 32.9 Å². The molecule has 0 saturated carbocycles. The van der Waals surface area contributed by atoms with Crippen molar-refractivity contribution in [1.29, 1.82) is 0 Å². The molecular weight excluding hydrogens is 270 g/mol. The number of phenolic OH excluding ortho intramolecular Hbond substituents is 1. The molecule has 0 saturated heterocycles. The molecule has 0 radical (unpaired) electrons. The Hall–Kier alpha value is -2.35. The van der Waals surface area contributed by atoms with Gasteiger partial charge in [-0.3, -0.25) is 0 Å². The summed E-state index contributed by atoms with van der Waals surface area (Å²) in [6, 6.07) is 4.91. The molecule has 1 amide bonds. The van der Waals surface area contributed by atoms with Crippen molar-refractivity contribution in [2.45, 2.75) is 32.8 Å². The molecule has 1 rings (SSSR count). The summed E-state index contributed by atoms with van der Waals surface area (Å²) < 4.78 is 10.1. The van der Waals surface area contributed by atoms with Crippen LogP contribution < -0.4 is 10.1 Å². The molecule has 0 aromatic heterocycles. The number of nitrogens with one attached hydrogen (secondary N) is 1. The quantitative estimate of drug-likeness (QED) is 0.663. The van der Waals surface area contributed by atoms with E-state index in [1.165, 1.54) is 13.2 Å². The fourth-order valence-electron chi connectivity index (χ4n) is 1.44. The second-order valence-electron chi connectivity index (χ2n) is 5.36. The van der Waals surface area contributed by atoms with Crippen LogP contribution >= 0.6 is 0 Å². The lowest BCUT2D eigenvalue weighted by atomic mass is 10.2. The predicted octanol–water partition coefficient (Wildman–Crippen LogP) is 2.67. The Morgan fingerprint density at radius 3 is 2.67 bits per heavy atom. The predicted molar refractivity (Wildman–Crippen MR) is 80.4 cm³/mol. The number of ether oxygens (including phenoxy) is 2. The summed E-state index contributed by atoms with van der Waals surface area (Å²) >= 11 is 0. The molecule has 114 valence electrons. The average Bonchev–Trinajstić information content (AvgIpc) is 2.37. The smallest absolute Gasteiger partial charge is 0.407 e. The van der Waals surface area contributed by atoms with Crippen LogP contribution in [0.2, 0.25) is 0 Å². The van der Waals surface area contributed by atoms with Crippen molar-refractivity contribution in [2.75, 3.05) is 13.7 Å². The first-order valence-corrected chi connectivity index (χ1v) is 6.64. The number of hydrogen-bond acceptors (Lipinski definition) is 4. The number of amides is 1. The highest BCUT2D eigenvalue weighted by molar-refractivity contribution is 5.67. The summed E-state index contributed by atoms with van der Waals surface area (Å²) in [6.07, 6.45) is 0.00152. The van der Waals surface area contributed by atoms with E-state index in [1.54, 1.807) is 32.9 Å². The highest BCUT2D eigenvalue weighted by atomic mass is 16.6. The number of alkyl carbamates (subject to hydrolysis) is 1. The Kier molecular flexibility index (Phi) is 5.92. The first kappa shape index (κ1) is 16.7. The molecule has 21 heavy (non-hydrogen) atoms. The number of methoxy groups -OCH3 is 1. The maximum absolute atomic E-state index is 11.4. The summed E-state index contributed by atoms with van der Waals surface area (Å²) in [6.45, 7) is 5.80. The van der Waals surface area contributed by atoms with Crippen LogP contribution in [0.25, 0.3) is 0 Å².